The average Bonchev–Trinajstić information content (AvgIpc) is 2.24. The van der Waals surface area contributed by atoms with Crippen molar-refractivity contribution in [2.75, 3.05) is 0 Å². The van der Waals surface area contributed by atoms with E-state index in [1.165, 1.54) is 0 Å². The topological polar surface area (TPSA) is 38.7 Å². The number of aliphatic hydroxyl groups is 1. The second-order valence-corrected chi connectivity index (χ2v) is 3.96. The standard InChI is InChI=1S/C10H18O3/c1-5-8-9(6-7(2)11)13-10(3,4)12-8/h5,7-9,11H,1,6H2,2-4H3/t7-,8+,9-/m1/s1. The zero-order valence-electron chi connectivity index (χ0n) is 8.49. The van der Waals surface area contributed by atoms with Crippen LogP contribution in [0.2, 0.25) is 0 Å². The van der Waals surface area contributed by atoms with E-state index in [0.717, 1.165) is 0 Å². The first-order valence-electron chi connectivity index (χ1n) is 4.61. The minimum Gasteiger partial charge on any atom is -0.393 e. The molecule has 3 nitrogen and oxygen atoms in total. The summed E-state index contributed by atoms with van der Waals surface area (Å²) >= 11 is 0. The third-order valence-electron chi connectivity index (χ3n) is 2.03. The highest BCUT2D eigenvalue weighted by molar-refractivity contribution is 4.93. The van der Waals surface area contributed by atoms with E-state index in [4.69, 9.17) is 9.47 Å². The smallest absolute Gasteiger partial charge is 0.164 e. The van der Waals surface area contributed by atoms with Crippen LogP contribution < -0.4 is 0 Å². The van der Waals surface area contributed by atoms with Gasteiger partial charge in [-0.1, -0.05) is 6.08 Å². The van der Waals surface area contributed by atoms with Crippen molar-refractivity contribution in [3.05, 3.63) is 12.7 Å². The van der Waals surface area contributed by atoms with Crippen molar-refractivity contribution in [2.24, 2.45) is 0 Å². The molecule has 0 amide bonds. The summed E-state index contributed by atoms with van der Waals surface area (Å²) in [5.41, 5.74) is 0. The van der Waals surface area contributed by atoms with Gasteiger partial charge in [-0.2, -0.15) is 0 Å². The second kappa shape index (κ2) is 3.78. The van der Waals surface area contributed by atoms with Crippen LogP contribution in [0.3, 0.4) is 0 Å². The molecule has 1 fully saturated rings. The molecule has 1 aliphatic heterocycles. The second-order valence-electron chi connectivity index (χ2n) is 3.96. The highest BCUT2D eigenvalue weighted by Gasteiger charge is 2.39. The van der Waals surface area contributed by atoms with Gasteiger partial charge in [-0.25, -0.2) is 0 Å². The van der Waals surface area contributed by atoms with Crippen molar-refractivity contribution in [3.8, 4) is 0 Å². The molecule has 0 radical (unpaired) electrons. The lowest BCUT2D eigenvalue weighted by molar-refractivity contribution is -0.145. The number of hydrogen-bond acceptors (Lipinski definition) is 3. The molecule has 0 bridgehead atoms. The number of hydrogen-bond donors (Lipinski definition) is 1. The van der Waals surface area contributed by atoms with Gasteiger partial charge in [0.2, 0.25) is 0 Å². The van der Waals surface area contributed by atoms with Gasteiger partial charge in [-0.3, -0.25) is 0 Å². The van der Waals surface area contributed by atoms with Crippen molar-refractivity contribution in [2.45, 2.75) is 51.3 Å². The minimum atomic E-state index is -0.557. The maximum absolute atomic E-state index is 9.23. The van der Waals surface area contributed by atoms with E-state index in [0.29, 0.717) is 6.42 Å². The molecule has 0 aromatic carbocycles. The fraction of sp³-hybridized carbons (Fsp3) is 0.800. The van der Waals surface area contributed by atoms with E-state index in [1.807, 2.05) is 13.8 Å². The molecule has 13 heavy (non-hydrogen) atoms. The Hall–Kier alpha value is -0.380. The Kier molecular flexibility index (Phi) is 3.11. The van der Waals surface area contributed by atoms with Crippen molar-refractivity contribution < 1.29 is 14.6 Å². The summed E-state index contributed by atoms with van der Waals surface area (Å²) < 4.78 is 11.2. The first kappa shape index (κ1) is 10.7. The molecule has 76 valence electrons. The van der Waals surface area contributed by atoms with Crippen LogP contribution in [0.25, 0.3) is 0 Å². The molecule has 0 unspecified atom stereocenters. The Morgan fingerprint density at radius 2 is 2.15 bits per heavy atom. The van der Waals surface area contributed by atoms with Gasteiger partial charge >= 0.3 is 0 Å². The molecule has 0 aliphatic carbocycles. The molecule has 1 N–H and O–H groups in total. The summed E-state index contributed by atoms with van der Waals surface area (Å²) in [6.07, 6.45) is 1.75. The van der Waals surface area contributed by atoms with E-state index in [9.17, 15) is 5.11 Å². The highest BCUT2D eigenvalue weighted by Crippen LogP contribution is 2.30. The SMILES string of the molecule is C=C[C@@H]1OC(C)(C)O[C@@H]1C[C@@H](C)O. The maximum Gasteiger partial charge on any atom is 0.164 e. The van der Waals surface area contributed by atoms with E-state index >= 15 is 0 Å². The molecular weight excluding hydrogens is 168 g/mol. The molecule has 1 heterocycles. The van der Waals surface area contributed by atoms with Crippen LogP contribution in [0.5, 0.6) is 0 Å². The van der Waals surface area contributed by atoms with E-state index in [-0.39, 0.29) is 18.3 Å². The summed E-state index contributed by atoms with van der Waals surface area (Å²) in [4.78, 5) is 0. The summed E-state index contributed by atoms with van der Waals surface area (Å²) in [5.74, 6) is -0.557. The Morgan fingerprint density at radius 1 is 1.54 bits per heavy atom. The lowest BCUT2D eigenvalue weighted by Gasteiger charge is -2.17. The fourth-order valence-electron chi connectivity index (χ4n) is 1.58. The lowest BCUT2D eigenvalue weighted by atomic mass is 10.1. The Bertz CT molecular complexity index is 187. The molecule has 3 atom stereocenters. The molecule has 0 aromatic rings. The number of aliphatic hydroxyl groups excluding tert-OH is 1. The van der Waals surface area contributed by atoms with Crippen LogP contribution in [-0.2, 0) is 9.47 Å². The van der Waals surface area contributed by atoms with E-state index in [2.05, 4.69) is 6.58 Å². The van der Waals surface area contributed by atoms with Crippen LogP contribution in [0.1, 0.15) is 27.2 Å². The average molecular weight is 186 g/mol. The van der Waals surface area contributed by atoms with Crippen LogP contribution >= 0.6 is 0 Å². The summed E-state index contributed by atoms with van der Waals surface area (Å²) in [5, 5.41) is 9.23. The highest BCUT2D eigenvalue weighted by atomic mass is 16.7. The summed E-state index contributed by atoms with van der Waals surface area (Å²) in [6.45, 7) is 9.16. The lowest BCUT2D eigenvalue weighted by Crippen LogP contribution is -2.25. The number of rotatable bonds is 3. The van der Waals surface area contributed by atoms with Gasteiger partial charge in [0.1, 0.15) is 6.10 Å². The van der Waals surface area contributed by atoms with E-state index < -0.39 is 5.79 Å². The first-order valence-corrected chi connectivity index (χ1v) is 4.61. The van der Waals surface area contributed by atoms with Gasteiger partial charge < -0.3 is 14.6 Å². The van der Waals surface area contributed by atoms with Crippen LogP contribution in [0.4, 0.5) is 0 Å². The number of ether oxygens (including phenoxy) is 2. The minimum absolute atomic E-state index is 0.0764. The fourth-order valence-corrected chi connectivity index (χ4v) is 1.58. The van der Waals surface area contributed by atoms with Crippen LogP contribution in [0, 0.1) is 0 Å². The predicted molar refractivity (Wildman–Crippen MR) is 50.3 cm³/mol. The van der Waals surface area contributed by atoms with Gasteiger partial charge in [0, 0.05) is 6.42 Å². The first-order chi connectivity index (χ1) is 5.94. The molecule has 1 saturated heterocycles. The van der Waals surface area contributed by atoms with E-state index in [1.54, 1.807) is 13.0 Å². The quantitative estimate of drug-likeness (QED) is 0.678. The monoisotopic (exact) mass is 186 g/mol. The molecule has 1 aliphatic rings. The van der Waals surface area contributed by atoms with Gasteiger partial charge in [0.15, 0.2) is 5.79 Å². The maximum atomic E-state index is 9.23. The van der Waals surface area contributed by atoms with Gasteiger partial charge in [0.05, 0.1) is 12.2 Å². The molecule has 3 heteroatoms. The van der Waals surface area contributed by atoms with Crippen LogP contribution in [-0.4, -0.2) is 29.2 Å². The summed E-state index contributed by atoms with van der Waals surface area (Å²) in [7, 11) is 0. The van der Waals surface area contributed by atoms with Gasteiger partial charge in [0.25, 0.3) is 0 Å². The third kappa shape index (κ3) is 2.79. The van der Waals surface area contributed by atoms with Gasteiger partial charge in [-0.15, -0.1) is 6.58 Å². The molecule has 0 aromatic heterocycles. The normalized spacial score (nSPS) is 34.5. The van der Waals surface area contributed by atoms with Crippen molar-refractivity contribution in [1.29, 1.82) is 0 Å². The van der Waals surface area contributed by atoms with Crippen molar-refractivity contribution in [3.63, 3.8) is 0 Å². The predicted octanol–water partition coefficient (Wildman–Crippen LogP) is 1.46. The zero-order valence-corrected chi connectivity index (χ0v) is 8.49. The van der Waals surface area contributed by atoms with Gasteiger partial charge in [-0.05, 0) is 20.8 Å². The largest absolute Gasteiger partial charge is 0.393 e. The Balaban J connectivity index is 2.58. The van der Waals surface area contributed by atoms with Crippen molar-refractivity contribution >= 4 is 0 Å². The molecule has 1 rings (SSSR count). The molecule has 0 saturated carbocycles. The third-order valence-corrected chi connectivity index (χ3v) is 2.03. The Labute approximate surface area is 79.3 Å². The van der Waals surface area contributed by atoms with Crippen LogP contribution in [0.15, 0.2) is 12.7 Å². The molecular formula is C10H18O3. The summed E-state index contributed by atoms with van der Waals surface area (Å²) in [6, 6.07) is 0. The van der Waals surface area contributed by atoms with Crippen molar-refractivity contribution in [1.82, 2.24) is 0 Å². The zero-order chi connectivity index (χ0) is 10.1. The molecule has 0 spiro atoms. The Morgan fingerprint density at radius 3 is 2.62 bits per heavy atom.